The van der Waals surface area contributed by atoms with E-state index in [1.165, 1.54) is 12.8 Å². The summed E-state index contributed by atoms with van der Waals surface area (Å²) >= 11 is 0. The van der Waals surface area contributed by atoms with E-state index in [0.29, 0.717) is 24.3 Å². The van der Waals surface area contributed by atoms with E-state index in [0.717, 1.165) is 25.7 Å². The molecule has 5 atom stereocenters. The number of carbonyl (C=O) groups excluding carboxylic acids is 1. The van der Waals surface area contributed by atoms with Crippen molar-refractivity contribution in [3.8, 4) is 0 Å². The lowest BCUT2D eigenvalue weighted by Crippen LogP contribution is -2.52. The molecule has 120 valence electrons. The minimum atomic E-state index is -0.440. The number of alkyl carbamates (subject to hydrolysis) is 1. The van der Waals surface area contributed by atoms with Crippen LogP contribution in [0.5, 0.6) is 0 Å². The number of ether oxygens (including phenoxy) is 2. The lowest BCUT2D eigenvalue weighted by atomic mass is 9.94. The van der Waals surface area contributed by atoms with E-state index in [1.807, 2.05) is 20.8 Å². The molecule has 5 nitrogen and oxygen atoms in total. The van der Waals surface area contributed by atoms with Gasteiger partial charge in [0, 0.05) is 18.1 Å². The van der Waals surface area contributed by atoms with Crippen molar-refractivity contribution in [1.29, 1.82) is 0 Å². The topological polar surface area (TPSA) is 59.6 Å². The van der Waals surface area contributed by atoms with E-state index < -0.39 is 5.60 Å². The highest BCUT2D eigenvalue weighted by Gasteiger charge is 2.43. The number of carbonyl (C=O) groups is 1. The second-order valence-corrected chi connectivity index (χ2v) is 7.67. The molecule has 1 saturated carbocycles. The van der Waals surface area contributed by atoms with Crippen LogP contribution in [0.15, 0.2) is 0 Å². The molecule has 0 aromatic carbocycles. The van der Waals surface area contributed by atoms with Gasteiger partial charge in [0.15, 0.2) is 0 Å². The van der Waals surface area contributed by atoms with Crippen molar-refractivity contribution in [2.24, 2.45) is 0 Å². The summed E-state index contributed by atoms with van der Waals surface area (Å²) in [6.07, 6.45) is 7.37. The molecular formula is C16H28N2O3. The van der Waals surface area contributed by atoms with Gasteiger partial charge in [-0.1, -0.05) is 0 Å². The van der Waals surface area contributed by atoms with Crippen molar-refractivity contribution in [2.75, 3.05) is 0 Å². The summed E-state index contributed by atoms with van der Waals surface area (Å²) in [5.74, 6) is 0. The predicted octanol–water partition coefficient (Wildman–Crippen LogP) is 2.34. The highest BCUT2D eigenvalue weighted by Crippen LogP contribution is 2.35. The molecule has 1 aliphatic carbocycles. The minimum Gasteiger partial charge on any atom is -0.444 e. The largest absolute Gasteiger partial charge is 0.444 e. The van der Waals surface area contributed by atoms with Crippen molar-refractivity contribution in [1.82, 2.24) is 10.6 Å². The monoisotopic (exact) mass is 296 g/mol. The van der Waals surface area contributed by atoms with E-state index in [9.17, 15) is 4.79 Å². The smallest absolute Gasteiger partial charge is 0.407 e. The number of fused-ring (bicyclic) bond motifs is 2. The average molecular weight is 296 g/mol. The van der Waals surface area contributed by atoms with Crippen molar-refractivity contribution in [2.45, 2.75) is 95.2 Å². The first-order valence-electron chi connectivity index (χ1n) is 8.32. The Bertz CT molecular complexity index is 393. The average Bonchev–Trinajstić information content (AvgIpc) is 3.04. The van der Waals surface area contributed by atoms with Crippen LogP contribution in [0.4, 0.5) is 4.79 Å². The Hall–Kier alpha value is -0.810. The van der Waals surface area contributed by atoms with Gasteiger partial charge >= 0.3 is 6.09 Å². The zero-order chi connectivity index (χ0) is 15.0. The van der Waals surface area contributed by atoms with Crippen LogP contribution in [0, 0.1) is 0 Å². The lowest BCUT2D eigenvalue weighted by molar-refractivity contribution is 0.0495. The SMILES string of the molecule is CC(C)(C)OC(=O)N[C@@H]1CCC[C@@H]1N[C@H]1C[C@H]2CC[C@H]1O2. The minimum absolute atomic E-state index is 0.180. The van der Waals surface area contributed by atoms with Crippen molar-refractivity contribution < 1.29 is 14.3 Å². The summed E-state index contributed by atoms with van der Waals surface area (Å²) in [4.78, 5) is 11.9. The van der Waals surface area contributed by atoms with E-state index in [-0.39, 0.29) is 12.1 Å². The molecule has 2 bridgehead atoms. The molecule has 2 heterocycles. The zero-order valence-electron chi connectivity index (χ0n) is 13.4. The first kappa shape index (κ1) is 15.1. The van der Waals surface area contributed by atoms with Crippen LogP contribution in [-0.2, 0) is 9.47 Å². The Morgan fingerprint density at radius 2 is 1.86 bits per heavy atom. The van der Waals surface area contributed by atoms with E-state index >= 15 is 0 Å². The van der Waals surface area contributed by atoms with Gasteiger partial charge in [-0.25, -0.2) is 4.79 Å². The Balaban J connectivity index is 1.50. The lowest BCUT2D eigenvalue weighted by Gasteiger charge is -2.29. The Labute approximate surface area is 127 Å². The number of nitrogens with one attached hydrogen (secondary N) is 2. The highest BCUT2D eigenvalue weighted by atomic mass is 16.6. The Kier molecular flexibility index (Phi) is 4.14. The predicted molar refractivity (Wildman–Crippen MR) is 80.2 cm³/mol. The third kappa shape index (κ3) is 3.69. The molecule has 3 aliphatic rings. The molecule has 21 heavy (non-hydrogen) atoms. The molecule has 0 unspecified atom stereocenters. The van der Waals surface area contributed by atoms with Crippen LogP contribution in [0.1, 0.15) is 59.3 Å². The van der Waals surface area contributed by atoms with Crippen LogP contribution < -0.4 is 10.6 Å². The maximum atomic E-state index is 11.9. The Morgan fingerprint density at radius 3 is 2.48 bits per heavy atom. The van der Waals surface area contributed by atoms with Crippen molar-refractivity contribution in [3.05, 3.63) is 0 Å². The normalized spacial score (nSPS) is 38.7. The fourth-order valence-corrected chi connectivity index (χ4v) is 3.88. The number of hydrogen-bond acceptors (Lipinski definition) is 4. The summed E-state index contributed by atoms with van der Waals surface area (Å²) in [7, 11) is 0. The van der Waals surface area contributed by atoms with Gasteiger partial charge < -0.3 is 20.1 Å². The van der Waals surface area contributed by atoms with Crippen LogP contribution in [0.2, 0.25) is 0 Å². The van der Waals surface area contributed by atoms with Gasteiger partial charge in [0.25, 0.3) is 0 Å². The molecule has 0 aromatic rings. The number of hydrogen-bond donors (Lipinski definition) is 2. The first-order chi connectivity index (χ1) is 9.90. The van der Waals surface area contributed by atoms with Crippen molar-refractivity contribution in [3.63, 3.8) is 0 Å². The number of rotatable bonds is 3. The van der Waals surface area contributed by atoms with Gasteiger partial charge in [0.1, 0.15) is 5.60 Å². The van der Waals surface area contributed by atoms with E-state index in [2.05, 4.69) is 10.6 Å². The molecule has 0 spiro atoms. The van der Waals surface area contributed by atoms with Gasteiger partial charge in [-0.2, -0.15) is 0 Å². The maximum absolute atomic E-state index is 11.9. The molecule has 5 heteroatoms. The highest BCUT2D eigenvalue weighted by molar-refractivity contribution is 5.68. The Morgan fingerprint density at radius 1 is 1.10 bits per heavy atom. The molecule has 3 fully saturated rings. The molecule has 0 aromatic heterocycles. The molecule has 3 rings (SSSR count). The summed E-state index contributed by atoms with van der Waals surface area (Å²) in [6, 6.07) is 0.999. The zero-order valence-corrected chi connectivity index (χ0v) is 13.4. The van der Waals surface area contributed by atoms with Gasteiger partial charge in [0.05, 0.1) is 12.2 Å². The fourth-order valence-electron chi connectivity index (χ4n) is 3.88. The van der Waals surface area contributed by atoms with E-state index in [1.54, 1.807) is 0 Å². The van der Waals surface area contributed by atoms with Gasteiger partial charge in [-0.05, 0) is 59.3 Å². The summed E-state index contributed by atoms with van der Waals surface area (Å²) in [5.41, 5.74) is -0.440. The van der Waals surface area contributed by atoms with Gasteiger partial charge in [-0.3, -0.25) is 0 Å². The second kappa shape index (κ2) is 5.76. The molecule has 2 N–H and O–H groups in total. The summed E-state index contributed by atoms with van der Waals surface area (Å²) < 4.78 is 11.3. The molecule has 0 radical (unpaired) electrons. The summed E-state index contributed by atoms with van der Waals surface area (Å²) in [6.45, 7) is 5.68. The third-order valence-corrected chi connectivity index (χ3v) is 4.75. The van der Waals surface area contributed by atoms with Crippen LogP contribution in [-0.4, -0.2) is 42.0 Å². The van der Waals surface area contributed by atoms with Crippen LogP contribution in [0.3, 0.4) is 0 Å². The van der Waals surface area contributed by atoms with Crippen LogP contribution in [0.25, 0.3) is 0 Å². The fraction of sp³-hybridized carbons (Fsp3) is 0.938. The quantitative estimate of drug-likeness (QED) is 0.839. The molecular weight excluding hydrogens is 268 g/mol. The first-order valence-corrected chi connectivity index (χ1v) is 8.32. The molecule has 2 saturated heterocycles. The standard InChI is InChI=1S/C16H28N2O3/c1-16(2,3)21-15(19)18-12-6-4-5-11(12)17-13-9-10-7-8-14(13)20-10/h10-14,17H,4-9H2,1-3H3,(H,18,19)/t10-,11+,12-,13+,14-/m1/s1. The number of amides is 1. The third-order valence-electron chi connectivity index (χ3n) is 4.75. The molecule has 1 amide bonds. The molecule has 2 aliphatic heterocycles. The summed E-state index contributed by atoms with van der Waals surface area (Å²) in [5, 5.41) is 6.77. The van der Waals surface area contributed by atoms with E-state index in [4.69, 9.17) is 9.47 Å². The van der Waals surface area contributed by atoms with Crippen molar-refractivity contribution >= 4 is 6.09 Å². The van der Waals surface area contributed by atoms with Gasteiger partial charge in [-0.15, -0.1) is 0 Å². The van der Waals surface area contributed by atoms with Gasteiger partial charge in [0.2, 0.25) is 0 Å². The van der Waals surface area contributed by atoms with Crippen LogP contribution >= 0.6 is 0 Å². The maximum Gasteiger partial charge on any atom is 0.407 e. The second-order valence-electron chi connectivity index (χ2n) is 7.67.